The molecule has 0 unspecified atom stereocenters. The summed E-state index contributed by atoms with van der Waals surface area (Å²) in [6.45, 7) is 2.45. The quantitative estimate of drug-likeness (QED) is 0.433. The highest BCUT2D eigenvalue weighted by atomic mass is 35.5. The summed E-state index contributed by atoms with van der Waals surface area (Å²) in [5, 5.41) is 3.39. The van der Waals surface area contributed by atoms with Crippen LogP contribution in [-0.4, -0.2) is 18.5 Å². The second-order valence-corrected chi connectivity index (χ2v) is 5.88. The van der Waals surface area contributed by atoms with Crippen LogP contribution in [0, 0.1) is 0 Å². The molecule has 0 saturated heterocycles. The van der Waals surface area contributed by atoms with Crippen LogP contribution in [0.2, 0.25) is 5.02 Å². The Hall–Kier alpha value is -2.59. The number of anilines is 1. The van der Waals surface area contributed by atoms with E-state index in [1.807, 2.05) is 19.1 Å². The van der Waals surface area contributed by atoms with E-state index in [1.54, 1.807) is 42.5 Å². The second kappa shape index (κ2) is 9.64. The number of halogens is 1. The molecule has 4 nitrogen and oxygen atoms in total. The van der Waals surface area contributed by atoms with E-state index < -0.39 is 0 Å². The topological polar surface area (TPSA) is 55.4 Å². The van der Waals surface area contributed by atoms with Crippen molar-refractivity contribution < 1.29 is 14.3 Å². The minimum Gasteiger partial charge on any atom is -0.462 e. The molecule has 0 aliphatic rings. The van der Waals surface area contributed by atoms with Crippen LogP contribution in [-0.2, 0) is 9.53 Å². The second-order valence-electron chi connectivity index (χ2n) is 5.44. The molecular weight excluding hydrogens is 338 g/mol. The Morgan fingerprint density at radius 2 is 1.76 bits per heavy atom. The SMILES string of the molecule is CCCCOC(=O)c1ccc(NC(=O)C=Cc2ccc(Cl)cc2)cc1. The summed E-state index contributed by atoms with van der Waals surface area (Å²) in [6.07, 6.45) is 4.96. The van der Waals surface area contributed by atoms with E-state index in [2.05, 4.69) is 5.32 Å². The Balaban J connectivity index is 1.88. The fourth-order valence-electron chi connectivity index (χ4n) is 2.01. The molecule has 0 heterocycles. The Morgan fingerprint density at radius 3 is 2.40 bits per heavy atom. The summed E-state index contributed by atoms with van der Waals surface area (Å²) in [4.78, 5) is 23.7. The number of benzene rings is 2. The maximum Gasteiger partial charge on any atom is 0.338 e. The zero-order valence-electron chi connectivity index (χ0n) is 14.0. The maximum atomic E-state index is 11.9. The lowest BCUT2D eigenvalue weighted by molar-refractivity contribution is -0.111. The van der Waals surface area contributed by atoms with Crippen LogP contribution >= 0.6 is 11.6 Å². The largest absolute Gasteiger partial charge is 0.462 e. The zero-order valence-corrected chi connectivity index (χ0v) is 14.8. The van der Waals surface area contributed by atoms with E-state index in [-0.39, 0.29) is 11.9 Å². The summed E-state index contributed by atoms with van der Waals surface area (Å²) < 4.78 is 5.14. The van der Waals surface area contributed by atoms with Crippen molar-refractivity contribution in [3.63, 3.8) is 0 Å². The van der Waals surface area contributed by atoms with Crippen molar-refractivity contribution in [3.05, 3.63) is 70.8 Å². The molecule has 0 aliphatic heterocycles. The summed E-state index contributed by atoms with van der Waals surface area (Å²) in [5.41, 5.74) is 1.95. The number of esters is 1. The molecule has 1 N–H and O–H groups in total. The van der Waals surface area contributed by atoms with Gasteiger partial charge in [0.05, 0.1) is 12.2 Å². The van der Waals surface area contributed by atoms with Crippen molar-refractivity contribution in [2.24, 2.45) is 0 Å². The lowest BCUT2D eigenvalue weighted by atomic mass is 10.2. The van der Waals surface area contributed by atoms with Gasteiger partial charge in [-0.05, 0) is 54.5 Å². The number of rotatable bonds is 7. The standard InChI is InChI=1S/C20H20ClNO3/c1-2-3-14-25-20(24)16-7-11-18(12-8-16)22-19(23)13-6-15-4-9-17(21)10-5-15/h4-13H,2-3,14H2,1H3,(H,22,23). The Kier molecular flexibility index (Phi) is 7.23. The number of amides is 1. The van der Waals surface area contributed by atoms with Gasteiger partial charge in [0.15, 0.2) is 0 Å². The van der Waals surface area contributed by atoms with E-state index in [4.69, 9.17) is 16.3 Å². The van der Waals surface area contributed by atoms with Crippen molar-refractivity contribution in [2.75, 3.05) is 11.9 Å². The third-order valence-electron chi connectivity index (χ3n) is 3.42. The van der Waals surface area contributed by atoms with Crippen LogP contribution in [0.15, 0.2) is 54.6 Å². The van der Waals surface area contributed by atoms with Gasteiger partial charge in [-0.25, -0.2) is 4.79 Å². The lowest BCUT2D eigenvalue weighted by Gasteiger charge is -2.05. The van der Waals surface area contributed by atoms with Gasteiger partial charge >= 0.3 is 5.97 Å². The molecule has 2 aromatic carbocycles. The van der Waals surface area contributed by atoms with Gasteiger partial charge in [-0.1, -0.05) is 37.1 Å². The van der Waals surface area contributed by atoms with Crippen LogP contribution in [0.25, 0.3) is 6.08 Å². The van der Waals surface area contributed by atoms with Gasteiger partial charge < -0.3 is 10.1 Å². The van der Waals surface area contributed by atoms with Gasteiger partial charge in [-0.15, -0.1) is 0 Å². The minimum absolute atomic E-state index is 0.256. The number of carbonyl (C=O) groups excluding carboxylic acids is 2. The molecule has 1 amide bonds. The number of hydrogen-bond donors (Lipinski definition) is 1. The molecule has 0 bridgehead atoms. The highest BCUT2D eigenvalue weighted by Gasteiger charge is 2.07. The molecule has 130 valence electrons. The predicted molar refractivity (Wildman–Crippen MR) is 101 cm³/mol. The molecule has 2 aromatic rings. The van der Waals surface area contributed by atoms with Crippen LogP contribution in [0.5, 0.6) is 0 Å². The van der Waals surface area contributed by atoms with E-state index in [1.165, 1.54) is 6.08 Å². The van der Waals surface area contributed by atoms with Gasteiger partial charge in [0.25, 0.3) is 0 Å². The van der Waals surface area contributed by atoms with Crippen LogP contribution in [0.1, 0.15) is 35.7 Å². The summed E-state index contributed by atoms with van der Waals surface area (Å²) in [5.74, 6) is -0.609. The fourth-order valence-corrected chi connectivity index (χ4v) is 2.14. The first-order chi connectivity index (χ1) is 12.1. The number of ether oxygens (including phenoxy) is 1. The van der Waals surface area contributed by atoms with Crippen molar-refractivity contribution >= 4 is 35.2 Å². The van der Waals surface area contributed by atoms with Crippen molar-refractivity contribution in [3.8, 4) is 0 Å². The van der Waals surface area contributed by atoms with Crippen molar-refractivity contribution in [2.45, 2.75) is 19.8 Å². The zero-order chi connectivity index (χ0) is 18.1. The van der Waals surface area contributed by atoms with Crippen molar-refractivity contribution in [1.29, 1.82) is 0 Å². The number of unbranched alkanes of at least 4 members (excludes halogenated alkanes) is 1. The molecule has 25 heavy (non-hydrogen) atoms. The molecule has 5 heteroatoms. The van der Waals surface area contributed by atoms with E-state index >= 15 is 0 Å². The first-order valence-electron chi connectivity index (χ1n) is 8.10. The Bertz CT molecular complexity index is 737. The summed E-state index contributed by atoms with van der Waals surface area (Å²) >= 11 is 5.82. The van der Waals surface area contributed by atoms with Gasteiger partial charge in [0.2, 0.25) is 5.91 Å². The number of nitrogens with one attached hydrogen (secondary N) is 1. The molecule has 0 spiro atoms. The number of hydrogen-bond acceptors (Lipinski definition) is 3. The van der Waals surface area contributed by atoms with Crippen LogP contribution < -0.4 is 5.32 Å². The van der Waals surface area contributed by atoms with Crippen LogP contribution in [0.3, 0.4) is 0 Å². The molecule has 2 rings (SSSR count). The highest BCUT2D eigenvalue weighted by Crippen LogP contribution is 2.12. The van der Waals surface area contributed by atoms with Gasteiger partial charge in [-0.3, -0.25) is 4.79 Å². The monoisotopic (exact) mass is 357 g/mol. The molecule has 0 aliphatic carbocycles. The van der Waals surface area contributed by atoms with Crippen LogP contribution in [0.4, 0.5) is 5.69 Å². The van der Waals surface area contributed by atoms with Crippen molar-refractivity contribution in [1.82, 2.24) is 0 Å². The normalized spacial score (nSPS) is 10.6. The third-order valence-corrected chi connectivity index (χ3v) is 3.67. The molecular formula is C20H20ClNO3. The third kappa shape index (κ3) is 6.43. The average Bonchev–Trinajstić information content (AvgIpc) is 2.62. The van der Waals surface area contributed by atoms with Gasteiger partial charge in [0, 0.05) is 16.8 Å². The Labute approximate surface area is 152 Å². The highest BCUT2D eigenvalue weighted by molar-refractivity contribution is 6.30. The van der Waals surface area contributed by atoms with Gasteiger partial charge in [0.1, 0.15) is 0 Å². The first kappa shape index (κ1) is 18.7. The maximum absolute atomic E-state index is 11.9. The van der Waals surface area contributed by atoms with E-state index in [9.17, 15) is 9.59 Å². The molecule has 0 aromatic heterocycles. The summed E-state index contributed by atoms with van der Waals surface area (Å²) in [7, 11) is 0. The fraction of sp³-hybridized carbons (Fsp3) is 0.200. The van der Waals surface area contributed by atoms with E-state index in [0.717, 1.165) is 18.4 Å². The minimum atomic E-state index is -0.353. The first-order valence-corrected chi connectivity index (χ1v) is 8.48. The Morgan fingerprint density at radius 1 is 1.08 bits per heavy atom. The van der Waals surface area contributed by atoms with Gasteiger partial charge in [-0.2, -0.15) is 0 Å². The average molecular weight is 358 g/mol. The molecule has 0 radical (unpaired) electrons. The smallest absolute Gasteiger partial charge is 0.338 e. The molecule has 0 fully saturated rings. The van der Waals surface area contributed by atoms with E-state index in [0.29, 0.717) is 22.9 Å². The lowest BCUT2D eigenvalue weighted by Crippen LogP contribution is -2.09. The summed E-state index contributed by atoms with van der Waals surface area (Å²) in [6, 6.07) is 13.8. The molecule has 0 atom stereocenters. The number of carbonyl (C=O) groups is 2. The predicted octanol–water partition coefficient (Wildman–Crippen LogP) is 4.95. The molecule has 0 saturated carbocycles.